The molecule has 0 saturated carbocycles. The zero-order chi connectivity index (χ0) is 18.7. The number of hydrogen-bond acceptors (Lipinski definition) is 6. The van der Waals surface area contributed by atoms with Crippen LogP contribution < -0.4 is 14.8 Å². The fourth-order valence-corrected chi connectivity index (χ4v) is 3.28. The lowest BCUT2D eigenvalue weighted by Gasteiger charge is -2.14. The first-order valence-corrected chi connectivity index (χ1v) is 8.68. The van der Waals surface area contributed by atoms with Crippen LogP contribution in [0.1, 0.15) is 17.9 Å². The van der Waals surface area contributed by atoms with E-state index in [0.717, 1.165) is 36.5 Å². The zero-order valence-corrected chi connectivity index (χ0v) is 15.7. The van der Waals surface area contributed by atoms with Crippen LogP contribution in [0, 0.1) is 12.8 Å². The molecule has 1 N–H and O–H groups in total. The molecule has 1 aliphatic heterocycles. The number of ether oxygens (including phenoxy) is 2. The number of benzene rings is 1. The molecule has 0 radical (unpaired) electrons. The maximum atomic E-state index is 11.8. The Morgan fingerprint density at radius 2 is 2.19 bits per heavy atom. The Labute approximate surface area is 153 Å². The van der Waals surface area contributed by atoms with E-state index in [2.05, 4.69) is 15.2 Å². The first kappa shape index (κ1) is 18.3. The van der Waals surface area contributed by atoms with Crippen LogP contribution in [-0.4, -0.2) is 50.1 Å². The Kier molecular flexibility index (Phi) is 5.46. The summed E-state index contributed by atoms with van der Waals surface area (Å²) in [7, 11) is 4.92. The van der Waals surface area contributed by atoms with Gasteiger partial charge in [-0.25, -0.2) is 4.98 Å². The number of aromatic nitrogens is 1. The molecule has 26 heavy (non-hydrogen) atoms. The average molecular weight is 359 g/mol. The molecule has 0 unspecified atom stereocenters. The minimum Gasteiger partial charge on any atom is -0.497 e. The molecule has 1 atom stereocenters. The Balaban J connectivity index is 1.79. The quantitative estimate of drug-likeness (QED) is 0.852. The maximum absolute atomic E-state index is 11.8. The van der Waals surface area contributed by atoms with Crippen LogP contribution in [0.4, 0.5) is 0 Å². The molecule has 140 valence electrons. The number of methoxy groups -OCH3 is 2. The number of amides is 1. The SMILES string of the molecule is CNC(=O)[C@H]1CCN(Cc2nc(-c3cc(OC)ccc3OC)oc2C)C1. The van der Waals surface area contributed by atoms with Crippen LogP contribution in [0.3, 0.4) is 0 Å². The minimum atomic E-state index is 0.0464. The number of likely N-dealkylation sites (tertiary alicyclic amines) is 1. The van der Waals surface area contributed by atoms with Gasteiger partial charge < -0.3 is 19.2 Å². The van der Waals surface area contributed by atoms with Crippen LogP contribution in [0.2, 0.25) is 0 Å². The highest BCUT2D eigenvalue weighted by Gasteiger charge is 2.28. The Bertz CT molecular complexity index is 787. The summed E-state index contributed by atoms with van der Waals surface area (Å²) in [5.41, 5.74) is 1.63. The molecule has 1 aromatic carbocycles. The van der Waals surface area contributed by atoms with Crippen LogP contribution in [0.5, 0.6) is 11.5 Å². The summed E-state index contributed by atoms with van der Waals surface area (Å²) in [5, 5.41) is 2.73. The van der Waals surface area contributed by atoms with E-state index in [9.17, 15) is 4.79 Å². The summed E-state index contributed by atoms with van der Waals surface area (Å²) in [6.07, 6.45) is 0.868. The lowest BCUT2D eigenvalue weighted by molar-refractivity contribution is -0.124. The summed E-state index contributed by atoms with van der Waals surface area (Å²) in [4.78, 5) is 18.7. The van der Waals surface area contributed by atoms with Crippen molar-refractivity contribution in [3.63, 3.8) is 0 Å². The number of aryl methyl sites for hydroxylation is 1. The second-order valence-electron chi connectivity index (χ2n) is 6.42. The van der Waals surface area contributed by atoms with Gasteiger partial charge in [0.15, 0.2) is 0 Å². The zero-order valence-electron chi connectivity index (χ0n) is 15.7. The van der Waals surface area contributed by atoms with E-state index in [-0.39, 0.29) is 11.8 Å². The van der Waals surface area contributed by atoms with Gasteiger partial charge in [-0.3, -0.25) is 9.69 Å². The number of hydrogen-bond donors (Lipinski definition) is 1. The van der Waals surface area contributed by atoms with Crippen molar-refractivity contribution in [2.45, 2.75) is 19.9 Å². The van der Waals surface area contributed by atoms with Crippen LogP contribution >= 0.6 is 0 Å². The highest BCUT2D eigenvalue weighted by molar-refractivity contribution is 5.78. The van der Waals surface area contributed by atoms with Gasteiger partial charge in [0.2, 0.25) is 11.8 Å². The number of nitrogens with zero attached hydrogens (tertiary/aromatic N) is 2. The lowest BCUT2D eigenvalue weighted by atomic mass is 10.1. The molecule has 0 spiro atoms. The van der Waals surface area contributed by atoms with Gasteiger partial charge in [0.05, 0.1) is 31.4 Å². The van der Waals surface area contributed by atoms with Gasteiger partial charge in [0.1, 0.15) is 17.3 Å². The highest BCUT2D eigenvalue weighted by Crippen LogP contribution is 2.34. The van der Waals surface area contributed by atoms with Crippen molar-refractivity contribution in [3.05, 3.63) is 29.7 Å². The normalized spacial score (nSPS) is 17.3. The monoisotopic (exact) mass is 359 g/mol. The fraction of sp³-hybridized carbons (Fsp3) is 0.474. The molecule has 7 nitrogen and oxygen atoms in total. The summed E-state index contributed by atoms with van der Waals surface area (Å²) < 4.78 is 16.6. The molecule has 2 heterocycles. The van der Waals surface area contributed by atoms with E-state index in [1.54, 1.807) is 21.3 Å². The second-order valence-corrected chi connectivity index (χ2v) is 6.42. The molecule has 1 amide bonds. The molecular formula is C19H25N3O4. The standard InChI is InChI=1S/C19H25N3O4/c1-12-16(11-22-8-7-13(10-22)18(23)20-2)21-19(26-12)15-9-14(24-3)5-6-17(15)25-4/h5-6,9,13H,7-8,10-11H2,1-4H3,(H,20,23)/t13-/m0/s1. The van der Waals surface area contributed by atoms with Crippen molar-refractivity contribution < 1.29 is 18.7 Å². The lowest BCUT2D eigenvalue weighted by Crippen LogP contribution is -2.30. The van der Waals surface area contributed by atoms with Crippen molar-refractivity contribution in [1.82, 2.24) is 15.2 Å². The van der Waals surface area contributed by atoms with Gasteiger partial charge in [-0.15, -0.1) is 0 Å². The van der Waals surface area contributed by atoms with Gasteiger partial charge in [-0.05, 0) is 38.1 Å². The molecule has 3 rings (SSSR count). The van der Waals surface area contributed by atoms with Gasteiger partial charge >= 0.3 is 0 Å². The molecular weight excluding hydrogens is 334 g/mol. The van der Waals surface area contributed by atoms with Crippen molar-refractivity contribution in [2.24, 2.45) is 5.92 Å². The molecule has 2 aromatic rings. The van der Waals surface area contributed by atoms with E-state index < -0.39 is 0 Å². The number of carbonyl (C=O) groups is 1. The molecule has 1 saturated heterocycles. The molecule has 1 fully saturated rings. The van der Waals surface area contributed by atoms with Crippen molar-refractivity contribution in [3.8, 4) is 23.0 Å². The molecule has 7 heteroatoms. The molecule has 0 bridgehead atoms. The van der Waals surface area contributed by atoms with E-state index >= 15 is 0 Å². The minimum absolute atomic E-state index is 0.0464. The van der Waals surface area contributed by atoms with Crippen molar-refractivity contribution in [1.29, 1.82) is 0 Å². The molecule has 1 aliphatic rings. The third kappa shape index (κ3) is 3.67. The molecule has 0 aliphatic carbocycles. The van der Waals surface area contributed by atoms with E-state index in [0.29, 0.717) is 23.9 Å². The second kappa shape index (κ2) is 7.78. The summed E-state index contributed by atoms with van der Waals surface area (Å²) in [6, 6.07) is 5.52. The third-order valence-corrected chi connectivity index (χ3v) is 4.79. The third-order valence-electron chi connectivity index (χ3n) is 4.79. The number of nitrogens with one attached hydrogen (secondary N) is 1. The van der Waals surface area contributed by atoms with Crippen molar-refractivity contribution >= 4 is 5.91 Å². The average Bonchev–Trinajstić information content (AvgIpc) is 3.28. The summed E-state index contributed by atoms with van der Waals surface area (Å²) in [5.74, 6) is 2.82. The van der Waals surface area contributed by atoms with Crippen LogP contribution in [-0.2, 0) is 11.3 Å². The first-order chi connectivity index (χ1) is 12.5. The summed E-state index contributed by atoms with van der Waals surface area (Å²) in [6.45, 7) is 4.19. The fourth-order valence-electron chi connectivity index (χ4n) is 3.28. The Morgan fingerprint density at radius 3 is 2.88 bits per heavy atom. The molecule has 1 aromatic heterocycles. The van der Waals surface area contributed by atoms with Crippen LogP contribution in [0.25, 0.3) is 11.5 Å². The smallest absolute Gasteiger partial charge is 0.230 e. The van der Waals surface area contributed by atoms with Crippen molar-refractivity contribution in [2.75, 3.05) is 34.4 Å². The van der Waals surface area contributed by atoms with Gasteiger partial charge in [0.25, 0.3) is 0 Å². The van der Waals surface area contributed by atoms with Crippen LogP contribution in [0.15, 0.2) is 22.6 Å². The Hall–Kier alpha value is -2.54. The Morgan fingerprint density at radius 1 is 1.38 bits per heavy atom. The number of oxazole rings is 1. The van der Waals surface area contributed by atoms with E-state index in [1.807, 2.05) is 25.1 Å². The maximum Gasteiger partial charge on any atom is 0.230 e. The predicted octanol–water partition coefficient (Wildman–Crippen LogP) is 2.24. The largest absolute Gasteiger partial charge is 0.497 e. The predicted molar refractivity (Wildman–Crippen MR) is 97.2 cm³/mol. The number of carbonyl (C=O) groups excluding carboxylic acids is 1. The van der Waals surface area contributed by atoms with Gasteiger partial charge in [-0.2, -0.15) is 0 Å². The van der Waals surface area contributed by atoms with Gasteiger partial charge in [-0.1, -0.05) is 0 Å². The first-order valence-electron chi connectivity index (χ1n) is 8.68. The van der Waals surface area contributed by atoms with E-state index in [4.69, 9.17) is 13.9 Å². The number of rotatable bonds is 6. The van der Waals surface area contributed by atoms with E-state index in [1.165, 1.54) is 0 Å². The highest BCUT2D eigenvalue weighted by atomic mass is 16.5. The van der Waals surface area contributed by atoms with Gasteiger partial charge in [0, 0.05) is 20.1 Å². The topological polar surface area (TPSA) is 76.8 Å². The summed E-state index contributed by atoms with van der Waals surface area (Å²) >= 11 is 0.